The minimum atomic E-state index is -0.802. The van der Waals surface area contributed by atoms with Gasteiger partial charge in [0.1, 0.15) is 0 Å². The summed E-state index contributed by atoms with van der Waals surface area (Å²) in [7, 11) is 0. The number of unbranched alkanes of at least 4 members (excludes halogenated alkanes) is 2. The molecule has 0 saturated carbocycles. The van der Waals surface area contributed by atoms with Crippen LogP contribution in [-0.4, -0.2) is 22.2 Å². The fraction of sp³-hybridized carbons (Fsp3) is 0.333. The second kappa shape index (κ2) is 9.62. The van der Waals surface area contributed by atoms with E-state index in [1.807, 2.05) is 48.5 Å². The SMILES string of the molecule is O=C(O)Cc1ccc(CCCCCc2ccc(CC(=O)O)cc2)cc1. The Morgan fingerprint density at radius 1 is 0.560 bits per heavy atom. The van der Waals surface area contributed by atoms with Crippen LogP contribution in [0.4, 0.5) is 0 Å². The quantitative estimate of drug-likeness (QED) is 0.643. The van der Waals surface area contributed by atoms with E-state index in [1.165, 1.54) is 11.1 Å². The molecule has 132 valence electrons. The van der Waals surface area contributed by atoms with Crippen LogP contribution < -0.4 is 0 Å². The average molecular weight is 340 g/mol. The van der Waals surface area contributed by atoms with Gasteiger partial charge in [0.2, 0.25) is 0 Å². The van der Waals surface area contributed by atoms with Crippen LogP contribution in [0.15, 0.2) is 48.5 Å². The number of hydrogen-bond acceptors (Lipinski definition) is 2. The fourth-order valence-corrected chi connectivity index (χ4v) is 2.83. The molecule has 0 bridgehead atoms. The molecular weight excluding hydrogens is 316 g/mol. The molecule has 0 atom stereocenters. The van der Waals surface area contributed by atoms with Gasteiger partial charge in [0.05, 0.1) is 12.8 Å². The summed E-state index contributed by atoms with van der Waals surface area (Å²) >= 11 is 0. The largest absolute Gasteiger partial charge is 0.481 e. The standard InChI is InChI=1S/C21H24O4/c22-20(23)14-18-10-6-16(7-11-18)4-2-1-3-5-17-8-12-19(13-9-17)15-21(24)25/h6-13H,1-5,14-15H2,(H,22,23)(H,24,25). The summed E-state index contributed by atoms with van der Waals surface area (Å²) in [6.45, 7) is 0. The molecule has 2 aromatic rings. The Morgan fingerprint density at radius 3 is 1.20 bits per heavy atom. The van der Waals surface area contributed by atoms with E-state index in [9.17, 15) is 9.59 Å². The maximum Gasteiger partial charge on any atom is 0.307 e. The summed E-state index contributed by atoms with van der Waals surface area (Å²) in [6.07, 6.45) is 5.51. The molecule has 2 N–H and O–H groups in total. The van der Waals surface area contributed by atoms with Crippen LogP contribution in [0, 0.1) is 0 Å². The Hall–Kier alpha value is -2.62. The molecule has 0 heterocycles. The third-order valence-corrected chi connectivity index (χ3v) is 4.19. The summed E-state index contributed by atoms with van der Waals surface area (Å²) in [6, 6.07) is 15.6. The van der Waals surface area contributed by atoms with Gasteiger partial charge in [-0.3, -0.25) is 9.59 Å². The smallest absolute Gasteiger partial charge is 0.307 e. The van der Waals surface area contributed by atoms with Crippen LogP contribution in [-0.2, 0) is 35.3 Å². The van der Waals surface area contributed by atoms with E-state index < -0.39 is 11.9 Å². The van der Waals surface area contributed by atoms with Gasteiger partial charge >= 0.3 is 11.9 Å². The second-order valence-corrected chi connectivity index (χ2v) is 6.33. The van der Waals surface area contributed by atoms with Crippen molar-refractivity contribution in [1.29, 1.82) is 0 Å². The highest BCUT2D eigenvalue weighted by Crippen LogP contribution is 2.12. The van der Waals surface area contributed by atoms with Gasteiger partial charge in [0.15, 0.2) is 0 Å². The molecule has 0 aliphatic rings. The average Bonchev–Trinajstić information content (AvgIpc) is 2.56. The third kappa shape index (κ3) is 7.21. The molecule has 0 spiro atoms. The molecule has 4 nitrogen and oxygen atoms in total. The van der Waals surface area contributed by atoms with E-state index in [0.717, 1.165) is 43.2 Å². The van der Waals surface area contributed by atoms with Crippen LogP contribution in [0.25, 0.3) is 0 Å². The number of carbonyl (C=O) groups is 2. The van der Waals surface area contributed by atoms with Crippen molar-refractivity contribution in [3.63, 3.8) is 0 Å². The first-order chi connectivity index (χ1) is 12.0. The molecule has 2 rings (SSSR count). The van der Waals surface area contributed by atoms with Gasteiger partial charge in [-0.15, -0.1) is 0 Å². The van der Waals surface area contributed by atoms with Gasteiger partial charge in [0.25, 0.3) is 0 Å². The van der Waals surface area contributed by atoms with Crippen molar-refractivity contribution in [2.24, 2.45) is 0 Å². The van der Waals surface area contributed by atoms with Crippen molar-refractivity contribution >= 4 is 11.9 Å². The minimum absolute atomic E-state index is 0.0749. The predicted octanol–water partition coefficient (Wildman–Crippen LogP) is 3.90. The van der Waals surface area contributed by atoms with E-state index in [2.05, 4.69) is 0 Å². The Kier molecular flexibility index (Phi) is 7.20. The Balaban J connectivity index is 1.66. The lowest BCUT2D eigenvalue weighted by atomic mass is 10.0. The number of rotatable bonds is 10. The van der Waals surface area contributed by atoms with Crippen molar-refractivity contribution in [2.75, 3.05) is 0 Å². The van der Waals surface area contributed by atoms with Crippen LogP contribution in [0.3, 0.4) is 0 Å². The summed E-state index contributed by atoms with van der Waals surface area (Å²) < 4.78 is 0. The molecule has 0 aliphatic heterocycles. The molecule has 2 aromatic carbocycles. The van der Waals surface area contributed by atoms with Gasteiger partial charge in [-0.05, 0) is 47.9 Å². The number of hydrogen-bond donors (Lipinski definition) is 2. The number of benzene rings is 2. The van der Waals surface area contributed by atoms with Gasteiger partial charge in [0, 0.05) is 0 Å². The number of aryl methyl sites for hydroxylation is 2. The highest BCUT2D eigenvalue weighted by Gasteiger charge is 2.02. The van der Waals surface area contributed by atoms with E-state index in [1.54, 1.807) is 0 Å². The van der Waals surface area contributed by atoms with Crippen molar-refractivity contribution in [3.8, 4) is 0 Å². The van der Waals surface area contributed by atoms with Crippen molar-refractivity contribution in [1.82, 2.24) is 0 Å². The normalized spacial score (nSPS) is 10.6. The minimum Gasteiger partial charge on any atom is -0.481 e. The summed E-state index contributed by atoms with van der Waals surface area (Å²) in [4.78, 5) is 21.3. The molecule has 4 heteroatoms. The van der Waals surface area contributed by atoms with Gasteiger partial charge in [-0.1, -0.05) is 55.0 Å². The summed E-state index contributed by atoms with van der Waals surface area (Å²) in [5.74, 6) is -1.60. The van der Waals surface area contributed by atoms with Crippen molar-refractivity contribution in [3.05, 3.63) is 70.8 Å². The maximum absolute atomic E-state index is 10.7. The van der Waals surface area contributed by atoms with E-state index >= 15 is 0 Å². The first-order valence-electron chi connectivity index (χ1n) is 8.62. The van der Waals surface area contributed by atoms with E-state index in [4.69, 9.17) is 10.2 Å². The number of carboxylic acids is 2. The molecule has 0 amide bonds. The molecule has 25 heavy (non-hydrogen) atoms. The molecule has 0 radical (unpaired) electrons. The Labute approximate surface area is 148 Å². The summed E-state index contributed by atoms with van der Waals surface area (Å²) in [5, 5.41) is 17.5. The predicted molar refractivity (Wildman–Crippen MR) is 96.8 cm³/mol. The van der Waals surface area contributed by atoms with Crippen molar-refractivity contribution in [2.45, 2.75) is 44.9 Å². The molecule has 0 aliphatic carbocycles. The maximum atomic E-state index is 10.7. The van der Waals surface area contributed by atoms with Gasteiger partial charge < -0.3 is 10.2 Å². The molecular formula is C21H24O4. The monoisotopic (exact) mass is 340 g/mol. The lowest BCUT2D eigenvalue weighted by Crippen LogP contribution is -2.00. The summed E-state index contributed by atoms with van der Waals surface area (Å²) in [5.41, 5.74) is 4.16. The van der Waals surface area contributed by atoms with E-state index in [0.29, 0.717) is 0 Å². The molecule has 0 saturated heterocycles. The van der Waals surface area contributed by atoms with Gasteiger partial charge in [-0.2, -0.15) is 0 Å². The second-order valence-electron chi connectivity index (χ2n) is 6.33. The number of aliphatic carboxylic acids is 2. The highest BCUT2D eigenvalue weighted by atomic mass is 16.4. The lowest BCUT2D eigenvalue weighted by molar-refractivity contribution is -0.137. The molecule has 0 fully saturated rings. The molecule has 0 unspecified atom stereocenters. The Morgan fingerprint density at radius 2 is 0.880 bits per heavy atom. The zero-order chi connectivity index (χ0) is 18.1. The topological polar surface area (TPSA) is 74.6 Å². The van der Waals surface area contributed by atoms with Crippen LogP contribution >= 0.6 is 0 Å². The Bertz CT molecular complexity index is 625. The van der Waals surface area contributed by atoms with E-state index in [-0.39, 0.29) is 12.8 Å². The first kappa shape index (κ1) is 18.7. The first-order valence-corrected chi connectivity index (χ1v) is 8.62. The van der Waals surface area contributed by atoms with Gasteiger partial charge in [-0.25, -0.2) is 0 Å². The lowest BCUT2D eigenvalue weighted by Gasteiger charge is -2.05. The zero-order valence-electron chi connectivity index (χ0n) is 14.3. The number of carboxylic acid groups (broad SMARTS) is 2. The molecule has 0 aromatic heterocycles. The van der Waals surface area contributed by atoms with Crippen LogP contribution in [0.5, 0.6) is 0 Å². The van der Waals surface area contributed by atoms with Crippen LogP contribution in [0.2, 0.25) is 0 Å². The third-order valence-electron chi connectivity index (χ3n) is 4.19. The zero-order valence-corrected chi connectivity index (χ0v) is 14.3. The highest BCUT2D eigenvalue weighted by molar-refractivity contribution is 5.70. The van der Waals surface area contributed by atoms with Crippen LogP contribution in [0.1, 0.15) is 41.5 Å². The van der Waals surface area contributed by atoms with Crippen molar-refractivity contribution < 1.29 is 19.8 Å². The fourth-order valence-electron chi connectivity index (χ4n) is 2.83.